The summed E-state index contributed by atoms with van der Waals surface area (Å²) in [6, 6.07) is 0. The molecule has 0 aromatic rings. The molecule has 206 valence electrons. The van der Waals surface area contributed by atoms with Gasteiger partial charge in [0.25, 0.3) is 0 Å². The molecule has 0 saturated carbocycles. The van der Waals surface area contributed by atoms with Crippen molar-refractivity contribution in [3.05, 3.63) is 0 Å². The predicted octanol–water partition coefficient (Wildman–Crippen LogP) is 10.1. The Kier molecular flexibility index (Phi) is 25.8. The Morgan fingerprint density at radius 2 is 0.364 bits per heavy atom. The van der Waals surface area contributed by atoms with Crippen LogP contribution in [0.4, 0.5) is 0 Å². The van der Waals surface area contributed by atoms with Gasteiger partial charge in [-0.3, -0.25) is 0 Å². The predicted molar refractivity (Wildman–Crippen MR) is 174 cm³/mol. The Morgan fingerprint density at radius 3 is 0.424 bits per heavy atom. The second-order valence-corrected chi connectivity index (χ2v) is 28.4. The molecule has 0 N–H and O–H groups in total. The molecule has 0 aliphatic rings. The third-order valence-corrected chi connectivity index (χ3v) is 23.5. The van der Waals surface area contributed by atoms with Crippen molar-refractivity contribution >= 4 is 31.7 Å². The van der Waals surface area contributed by atoms with E-state index in [1.165, 1.54) is 0 Å². The Balaban J connectivity index is -0.000000529. The Bertz CT molecular complexity index is 322. The number of rotatable bonds is 14. The van der Waals surface area contributed by atoms with Crippen molar-refractivity contribution in [2.75, 3.05) is 24.6 Å². The van der Waals surface area contributed by atoms with Gasteiger partial charge in [0.15, 0.2) is 0 Å². The van der Waals surface area contributed by atoms with Gasteiger partial charge in [0.05, 0.1) is 69.9 Å². The summed E-state index contributed by atoms with van der Waals surface area (Å²) >= 11 is 0. The molecule has 0 aromatic heterocycles. The first-order valence-electron chi connectivity index (χ1n) is 14.0. The molecule has 5 heteroatoms. The van der Waals surface area contributed by atoms with Crippen LogP contribution in [0.2, 0.25) is 0 Å². The van der Waals surface area contributed by atoms with Crippen molar-refractivity contribution < 1.29 is 21.1 Å². The minimum absolute atomic E-state index is 0. The third kappa shape index (κ3) is 18.3. The Labute approximate surface area is 232 Å². The van der Waals surface area contributed by atoms with Crippen LogP contribution in [-0.4, -0.2) is 69.9 Å². The molecule has 0 nitrogen and oxygen atoms in total. The summed E-state index contributed by atoms with van der Waals surface area (Å²) in [5, 5.41) is 0. The zero-order chi connectivity index (χ0) is 25.8. The largest absolute Gasteiger partial charge is 0.0910 e. The molecule has 0 heterocycles. The van der Waals surface area contributed by atoms with Gasteiger partial charge < -0.3 is 0 Å². The topological polar surface area (TPSA) is 0 Å². The maximum atomic E-state index is 2.44. The van der Waals surface area contributed by atoms with E-state index in [0.29, 0.717) is 0 Å². The molecule has 0 rings (SSSR count). The van der Waals surface area contributed by atoms with Crippen LogP contribution in [0.25, 0.3) is 0 Å². The van der Waals surface area contributed by atoms with Gasteiger partial charge >= 0.3 is 0 Å². The van der Waals surface area contributed by atoms with Crippen LogP contribution in [0.5, 0.6) is 0 Å². The van der Waals surface area contributed by atoms with Crippen LogP contribution in [0, 0.1) is 0 Å². The molecule has 0 bridgehead atoms. The molecular formula is C28H68P4Pt+4. The molecule has 0 fully saturated rings. The van der Waals surface area contributed by atoms with Crippen LogP contribution in [0.1, 0.15) is 111 Å². The summed E-state index contributed by atoms with van der Waals surface area (Å²) in [6.07, 6.45) is 6.24. The first-order chi connectivity index (χ1) is 14.5. The van der Waals surface area contributed by atoms with Gasteiger partial charge in [-0.15, -0.1) is 0 Å². The van der Waals surface area contributed by atoms with Crippen molar-refractivity contribution in [2.24, 2.45) is 0 Å². The van der Waals surface area contributed by atoms with Crippen molar-refractivity contribution in [3.8, 4) is 0 Å². The second-order valence-electron chi connectivity index (χ2n) is 12.5. The summed E-state index contributed by atoms with van der Waals surface area (Å²) in [5.41, 5.74) is 7.61. The first-order valence-corrected chi connectivity index (χ1v) is 21.4. The molecule has 0 saturated heterocycles. The fraction of sp³-hybridized carbons (Fsp3) is 1.00. The van der Waals surface area contributed by atoms with E-state index in [4.69, 9.17) is 0 Å². The van der Waals surface area contributed by atoms with Gasteiger partial charge in [0.1, 0.15) is 0 Å². The van der Waals surface area contributed by atoms with Gasteiger partial charge in [-0.1, -0.05) is 0 Å². The van der Waals surface area contributed by atoms with Gasteiger partial charge in [0, 0.05) is 52.8 Å². The van der Waals surface area contributed by atoms with Gasteiger partial charge in [0.2, 0.25) is 0 Å². The van der Waals surface area contributed by atoms with Crippen molar-refractivity contribution in [1.82, 2.24) is 0 Å². The molecule has 0 aromatic carbocycles. The minimum atomic E-state index is -0.114. The van der Waals surface area contributed by atoms with E-state index in [1.54, 1.807) is 24.6 Å². The fourth-order valence-corrected chi connectivity index (χ4v) is 20.1. The molecule has 0 atom stereocenters. The molecule has 0 aliphatic heterocycles. The average molecular weight is 724 g/mol. The molecule has 0 aliphatic carbocycles. The maximum absolute atomic E-state index is 2.44. The van der Waals surface area contributed by atoms with Gasteiger partial charge in [-0.2, -0.15) is 0 Å². The van der Waals surface area contributed by atoms with E-state index >= 15 is 0 Å². The van der Waals surface area contributed by atoms with E-state index in [2.05, 4.69) is 111 Å². The normalized spacial score (nSPS) is 12.7. The third-order valence-electron chi connectivity index (χ3n) is 7.34. The molecule has 33 heavy (non-hydrogen) atoms. The summed E-state index contributed by atoms with van der Waals surface area (Å²) in [6.45, 7) is 39.0. The zero-order valence-corrected chi connectivity index (χ0v) is 32.0. The van der Waals surface area contributed by atoms with Crippen molar-refractivity contribution in [2.45, 2.75) is 156 Å². The average Bonchev–Trinajstić information content (AvgIpc) is 2.59. The van der Waals surface area contributed by atoms with E-state index < -0.39 is 0 Å². The minimum Gasteiger partial charge on any atom is -0.0287 e. The molecular weight excluding hydrogens is 655 g/mol. The molecule has 0 unspecified atom stereocenters. The van der Waals surface area contributed by atoms with E-state index in [9.17, 15) is 0 Å². The van der Waals surface area contributed by atoms with Crippen LogP contribution in [0.15, 0.2) is 0 Å². The van der Waals surface area contributed by atoms with Crippen LogP contribution >= 0.6 is 31.7 Å². The maximum Gasteiger partial charge on any atom is 0.0910 e. The summed E-state index contributed by atoms with van der Waals surface area (Å²) < 4.78 is 0. The summed E-state index contributed by atoms with van der Waals surface area (Å²) in [7, 11) is -0.458. The van der Waals surface area contributed by atoms with Crippen molar-refractivity contribution in [1.29, 1.82) is 0 Å². The van der Waals surface area contributed by atoms with Gasteiger partial charge in [-0.05, 0) is 111 Å². The Morgan fingerprint density at radius 1 is 0.273 bits per heavy atom. The SMILES string of the molecule is CC(C)[PH+](CC[PH+](C(C)C)C(C)C)C(C)C.CC(C)[PH+](CC[PH+](C(C)C)C(C)C)C(C)C.[Pt]. The van der Waals surface area contributed by atoms with Crippen LogP contribution in [-0.2, 0) is 21.1 Å². The van der Waals surface area contributed by atoms with Crippen molar-refractivity contribution in [3.63, 3.8) is 0 Å². The molecule has 0 spiro atoms. The smallest absolute Gasteiger partial charge is 0.0287 e. The van der Waals surface area contributed by atoms with Gasteiger partial charge in [-0.25, -0.2) is 0 Å². The molecule has 0 radical (unpaired) electrons. The van der Waals surface area contributed by atoms with Crippen LogP contribution in [0.3, 0.4) is 0 Å². The first kappa shape index (κ1) is 39.9. The summed E-state index contributed by atoms with van der Waals surface area (Å²) in [5.74, 6) is 0. The quantitative estimate of drug-likeness (QED) is 0.157. The Hall–Kier alpha value is 2.41. The monoisotopic (exact) mass is 723 g/mol. The fourth-order valence-electron chi connectivity index (χ4n) is 5.55. The van der Waals surface area contributed by atoms with Crippen LogP contribution < -0.4 is 0 Å². The second kappa shape index (κ2) is 21.4. The number of hydrogen-bond acceptors (Lipinski definition) is 0. The summed E-state index contributed by atoms with van der Waals surface area (Å²) in [4.78, 5) is 0. The molecule has 0 amide bonds. The zero-order valence-electron chi connectivity index (χ0n) is 25.8. The standard InChI is InChI=1S/2C14H32P2.Pt/c2*1-11(2)15(12(3)4)9-10-16(13(5)6)14(7)8;/h2*11-14H,9-10H2,1-8H3;/p+4. The van der Waals surface area contributed by atoms with E-state index in [0.717, 1.165) is 45.3 Å². The van der Waals surface area contributed by atoms with E-state index in [-0.39, 0.29) is 52.8 Å². The number of hydrogen-bond donors (Lipinski definition) is 0. The van der Waals surface area contributed by atoms with E-state index in [1.807, 2.05) is 0 Å².